The van der Waals surface area contributed by atoms with E-state index in [0.29, 0.717) is 11.6 Å². The minimum atomic E-state index is -0.359. The summed E-state index contributed by atoms with van der Waals surface area (Å²) in [7, 11) is 0. The van der Waals surface area contributed by atoms with Crippen molar-refractivity contribution in [2.24, 2.45) is 5.73 Å². The van der Waals surface area contributed by atoms with Gasteiger partial charge in [-0.3, -0.25) is 4.79 Å². The zero-order chi connectivity index (χ0) is 11.1. The summed E-state index contributed by atoms with van der Waals surface area (Å²) in [5, 5.41) is 3.48. The number of primary amides is 1. The highest BCUT2D eigenvalue weighted by molar-refractivity contribution is 5.97. The second kappa shape index (κ2) is 3.37. The van der Waals surface area contributed by atoms with Crippen LogP contribution in [-0.2, 0) is 0 Å². The van der Waals surface area contributed by atoms with Gasteiger partial charge in [0.2, 0.25) is 5.91 Å². The maximum atomic E-state index is 11.1. The van der Waals surface area contributed by atoms with Gasteiger partial charge in [-0.25, -0.2) is 0 Å². The number of carbonyl (C=O) groups is 1. The molecule has 0 fully saturated rings. The first-order valence-electron chi connectivity index (χ1n) is 5.66. The number of hydrogen-bond acceptors (Lipinski definition) is 2. The van der Waals surface area contributed by atoms with Crippen LogP contribution in [0, 0.1) is 0 Å². The van der Waals surface area contributed by atoms with Crippen LogP contribution in [0.15, 0.2) is 24.3 Å². The average molecular weight is 214 g/mol. The van der Waals surface area contributed by atoms with Gasteiger partial charge in [0.25, 0.3) is 0 Å². The lowest BCUT2D eigenvalue weighted by Gasteiger charge is -2.17. The molecule has 0 aromatic heterocycles. The summed E-state index contributed by atoms with van der Waals surface area (Å²) in [6, 6.07) is 6.08. The van der Waals surface area contributed by atoms with E-state index in [1.807, 2.05) is 12.1 Å². The minimum Gasteiger partial charge on any atom is -0.378 e. The molecule has 0 bridgehead atoms. The lowest BCUT2D eigenvalue weighted by Crippen LogP contribution is -2.16. The Morgan fingerprint density at radius 3 is 3.12 bits per heavy atom. The van der Waals surface area contributed by atoms with E-state index < -0.39 is 0 Å². The topological polar surface area (TPSA) is 55.1 Å². The third-order valence-electron chi connectivity index (χ3n) is 3.38. The molecule has 1 aliphatic heterocycles. The predicted molar refractivity (Wildman–Crippen MR) is 64.2 cm³/mol. The van der Waals surface area contributed by atoms with Crippen molar-refractivity contribution >= 4 is 17.2 Å². The molecular weight excluding hydrogens is 200 g/mol. The van der Waals surface area contributed by atoms with Crippen molar-refractivity contribution in [3.8, 4) is 0 Å². The van der Waals surface area contributed by atoms with E-state index in [4.69, 9.17) is 5.73 Å². The fourth-order valence-electron chi connectivity index (χ4n) is 2.57. The van der Waals surface area contributed by atoms with Crippen LogP contribution in [0.3, 0.4) is 0 Å². The van der Waals surface area contributed by atoms with Crippen LogP contribution in [0.1, 0.15) is 35.2 Å². The lowest BCUT2D eigenvalue weighted by molar-refractivity contribution is 0.100. The number of anilines is 1. The molecule has 0 saturated heterocycles. The van der Waals surface area contributed by atoms with Crippen molar-refractivity contribution in [2.75, 3.05) is 5.32 Å². The lowest BCUT2D eigenvalue weighted by atomic mass is 9.92. The number of hydrogen-bond donors (Lipinski definition) is 2. The van der Waals surface area contributed by atoms with Crippen molar-refractivity contribution in [1.29, 1.82) is 0 Å². The predicted octanol–water partition coefficient (Wildman–Crippen LogP) is 2.15. The summed E-state index contributed by atoms with van der Waals surface area (Å²) < 4.78 is 0. The molecule has 0 spiro atoms. The first-order valence-corrected chi connectivity index (χ1v) is 5.66. The van der Waals surface area contributed by atoms with E-state index >= 15 is 0 Å². The molecule has 1 aliphatic carbocycles. The van der Waals surface area contributed by atoms with Crippen LogP contribution in [-0.4, -0.2) is 11.9 Å². The largest absolute Gasteiger partial charge is 0.378 e. The summed E-state index contributed by atoms with van der Waals surface area (Å²) in [4.78, 5) is 11.1. The molecule has 82 valence electrons. The highest BCUT2D eigenvalue weighted by atomic mass is 16.1. The minimum absolute atomic E-state index is 0.359. The number of fused-ring (bicyclic) bond motifs is 3. The fraction of sp³-hybridized carbons (Fsp3) is 0.308. The molecular formula is C13H14N2O. The van der Waals surface area contributed by atoms with E-state index in [1.54, 1.807) is 6.07 Å². The standard InChI is InChI=1S/C13H14N2O/c14-13(16)8-5-6-12-10(7-8)9-3-1-2-4-11(9)15-12/h3,5-7,11,15H,1-2,4H2,(H2,14,16). The third-order valence-corrected chi connectivity index (χ3v) is 3.38. The van der Waals surface area contributed by atoms with Crippen LogP contribution in [0.5, 0.6) is 0 Å². The molecule has 1 atom stereocenters. The second-order valence-corrected chi connectivity index (χ2v) is 4.41. The highest BCUT2D eigenvalue weighted by Gasteiger charge is 2.27. The van der Waals surface area contributed by atoms with Gasteiger partial charge in [-0.2, -0.15) is 0 Å². The second-order valence-electron chi connectivity index (χ2n) is 4.41. The smallest absolute Gasteiger partial charge is 0.248 e. The molecule has 1 heterocycles. The number of amides is 1. The molecule has 0 radical (unpaired) electrons. The molecule has 1 unspecified atom stereocenters. The van der Waals surface area contributed by atoms with Crippen molar-refractivity contribution in [1.82, 2.24) is 0 Å². The normalized spacial score (nSPS) is 21.8. The fourth-order valence-corrected chi connectivity index (χ4v) is 2.57. The van der Waals surface area contributed by atoms with Gasteiger partial charge in [0, 0.05) is 16.8 Å². The van der Waals surface area contributed by atoms with Crippen LogP contribution < -0.4 is 11.1 Å². The Balaban J connectivity index is 2.10. The maximum Gasteiger partial charge on any atom is 0.248 e. The van der Waals surface area contributed by atoms with Crippen LogP contribution in [0.4, 0.5) is 5.69 Å². The molecule has 0 saturated carbocycles. The van der Waals surface area contributed by atoms with Crippen molar-refractivity contribution < 1.29 is 4.79 Å². The monoisotopic (exact) mass is 214 g/mol. The Labute approximate surface area is 94.3 Å². The molecule has 3 rings (SSSR count). The first kappa shape index (κ1) is 9.46. The van der Waals surface area contributed by atoms with Gasteiger partial charge in [0.1, 0.15) is 0 Å². The summed E-state index contributed by atoms with van der Waals surface area (Å²) in [6.07, 6.45) is 5.82. The Bertz CT molecular complexity index is 491. The molecule has 1 amide bonds. The van der Waals surface area contributed by atoms with Crippen LogP contribution >= 0.6 is 0 Å². The van der Waals surface area contributed by atoms with Gasteiger partial charge in [0.05, 0.1) is 6.04 Å². The average Bonchev–Trinajstić information content (AvgIpc) is 2.66. The molecule has 1 aromatic carbocycles. The summed E-state index contributed by atoms with van der Waals surface area (Å²) >= 11 is 0. The third kappa shape index (κ3) is 1.32. The summed E-state index contributed by atoms with van der Waals surface area (Å²) in [5.74, 6) is -0.359. The Morgan fingerprint density at radius 1 is 1.44 bits per heavy atom. The number of allylic oxidation sites excluding steroid dienone is 1. The van der Waals surface area contributed by atoms with Gasteiger partial charge in [-0.15, -0.1) is 0 Å². The van der Waals surface area contributed by atoms with E-state index in [9.17, 15) is 4.79 Å². The van der Waals surface area contributed by atoms with Crippen molar-refractivity contribution in [2.45, 2.75) is 25.3 Å². The van der Waals surface area contributed by atoms with Gasteiger partial charge in [0.15, 0.2) is 0 Å². The van der Waals surface area contributed by atoms with E-state index in [0.717, 1.165) is 17.7 Å². The molecule has 16 heavy (non-hydrogen) atoms. The molecule has 3 heteroatoms. The quantitative estimate of drug-likeness (QED) is 0.752. The van der Waals surface area contributed by atoms with Gasteiger partial charge < -0.3 is 11.1 Å². The number of carbonyl (C=O) groups excluding carboxylic acids is 1. The van der Waals surface area contributed by atoms with E-state index in [2.05, 4.69) is 11.4 Å². The molecule has 3 nitrogen and oxygen atoms in total. The summed E-state index contributed by atoms with van der Waals surface area (Å²) in [6.45, 7) is 0. The number of nitrogens with one attached hydrogen (secondary N) is 1. The highest BCUT2D eigenvalue weighted by Crippen LogP contribution is 2.40. The van der Waals surface area contributed by atoms with E-state index in [1.165, 1.54) is 18.4 Å². The SMILES string of the molecule is NC(=O)c1ccc2c(c1)C1=CCCCC1N2. The first-order chi connectivity index (χ1) is 7.75. The zero-order valence-corrected chi connectivity index (χ0v) is 8.99. The van der Waals surface area contributed by atoms with Crippen molar-refractivity contribution in [3.05, 3.63) is 35.4 Å². The zero-order valence-electron chi connectivity index (χ0n) is 8.99. The van der Waals surface area contributed by atoms with Crippen molar-refractivity contribution in [3.63, 3.8) is 0 Å². The van der Waals surface area contributed by atoms with Gasteiger partial charge in [-0.05, 0) is 43.0 Å². The molecule has 3 N–H and O–H groups in total. The Kier molecular flexibility index (Phi) is 1.99. The van der Waals surface area contributed by atoms with Gasteiger partial charge in [-0.1, -0.05) is 6.08 Å². The van der Waals surface area contributed by atoms with E-state index in [-0.39, 0.29) is 5.91 Å². The number of nitrogens with two attached hydrogens (primary N) is 1. The Hall–Kier alpha value is -1.77. The number of rotatable bonds is 1. The molecule has 2 aliphatic rings. The Morgan fingerprint density at radius 2 is 2.31 bits per heavy atom. The van der Waals surface area contributed by atoms with Crippen LogP contribution in [0.2, 0.25) is 0 Å². The summed E-state index contributed by atoms with van der Waals surface area (Å²) in [5.41, 5.74) is 9.51. The van der Waals surface area contributed by atoms with Crippen LogP contribution in [0.25, 0.3) is 5.57 Å². The maximum absolute atomic E-state index is 11.1. The number of benzene rings is 1. The molecule has 1 aromatic rings. The van der Waals surface area contributed by atoms with Gasteiger partial charge >= 0.3 is 0 Å².